The lowest BCUT2D eigenvalue weighted by Crippen LogP contribution is -2.18. The van der Waals surface area contributed by atoms with Crippen LogP contribution in [0.15, 0.2) is 42.5 Å². The monoisotopic (exact) mass is 535 g/mol. The van der Waals surface area contributed by atoms with E-state index >= 15 is 0 Å². The molecule has 37 heavy (non-hydrogen) atoms. The summed E-state index contributed by atoms with van der Waals surface area (Å²) in [5, 5.41) is 7.04. The molecule has 192 valence electrons. The quantitative estimate of drug-likeness (QED) is 0.332. The number of nitrogens with zero attached hydrogens (tertiary/aromatic N) is 3. The number of amides is 2. The number of aromatic nitrogens is 3. The molecule has 2 aromatic heterocycles. The number of carbonyl (C=O) groups excluding carboxylic acids is 2. The summed E-state index contributed by atoms with van der Waals surface area (Å²) in [5.74, 6) is -2.73. The maximum atomic E-state index is 14.0. The molecular weight excluding hydrogens is 518 g/mol. The second kappa shape index (κ2) is 9.69. The highest BCUT2D eigenvalue weighted by molar-refractivity contribution is 6.31. The predicted octanol–water partition coefficient (Wildman–Crippen LogP) is 5.14. The molecule has 4 aromatic rings. The lowest BCUT2D eigenvalue weighted by atomic mass is 10.1. The molecule has 8 nitrogen and oxygen atoms in total. The molecule has 0 atom stereocenters. The van der Waals surface area contributed by atoms with E-state index in [0.717, 1.165) is 6.07 Å². The Kier molecular flexibility index (Phi) is 6.78. The second-order valence-corrected chi connectivity index (χ2v) is 8.46. The van der Waals surface area contributed by atoms with Crippen molar-refractivity contribution in [2.24, 2.45) is 5.73 Å². The Labute approximate surface area is 212 Å². The van der Waals surface area contributed by atoms with Gasteiger partial charge >= 0.3 is 6.36 Å². The summed E-state index contributed by atoms with van der Waals surface area (Å²) in [4.78, 5) is 29.0. The summed E-state index contributed by atoms with van der Waals surface area (Å²) in [6.45, 7) is 3.39. The molecule has 13 heteroatoms. The van der Waals surface area contributed by atoms with Crippen molar-refractivity contribution in [3.05, 3.63) is 81.5 Å². The molecule has 3 N–H and O–H groups in total. The third kappa shape index (κ3) is 5.64. The SMILES string of the molecule is Cc1nn(Cc2cccc(OC(F)(F)F)c2)c(C)c1NC(=O)c1cc(C(N)=O)nc2cc(F)c(Cl)cc12. The van der Waals surface area contributed by atoms with E-state index in [2.05, 4.69) is 20.1 Å². The van der Waals surface area contributed by atoms with Gasteiger partial charge in [-0.1, -0.05) is 23.7 Å². The van der Waals surface area contributed by atoms with E-state index in [9.17, 15) is 27.2 Å². The lowest BCUT2D eigenvalue weighted by molar-refractivity contribution is -0.274. The molecule has 2 aromatic carbocycles. The second-order valence-electron chi connectivity index (χ2n) is 8.06. The number of primary amides is 1. The van der Waals surface area contributed by atoms with Crippen LogP contribution < -0.4 is 15.8 Å². The number of hydrogen-bond acceptors (Lipinski definition) is 5. The molecule has 0 aliphatic heterocycles. The maximum absolute atomic E-state index is 14.0. The minimum atomic E-state index is -4.82. The van der Waals surface area contributed by atoms with E-state index in [0.29, 0.717) is 22.6 Å². The molecule has 0 spiro atoms. The van der Waals surface area contributed by atoms with Gasteiger partial charge < -0.3 is 15.8 Å². The Balaban J connectivity index is 1.66. The van der Waals surface area contributed by atoms with Gasteiger partial charge in [0.25, 0.3) is 11.8 Å². The van der Waals surface area contributed by atoms with E-state index in [1.807, 2.05) is 0 Å². The van der Waals surface area contributed by atoms with Crippen LogP contribution in [0.25, 0.3) is 10.9 Å². The van der Waals surface area contributed by atoms with Crippen LogP contribution in [0.3, 0.4) is 0 Å². The van der Waals surface area contributed by atoms with Gasteiger partial charge in [-0.25, -0.2) is 9.37 Å². The number of rotatable bonds is 6. The van der Waals surface area contributed by atoms with Gasteiger partial charge in [-0.05, 0) is 43.7 Å². The normalized spacial score (nSPS) is 11.5. The summed E-state index contributed by atoms with van der Waals surface area (Å²) in [5.41, 5.74) is 6.81. The molecule has 0 aliphatic rings. The number of carbonyl (C=O) groups is 2. The van der Waals surface area contributed by atoms with Crippen LogP contribution in [0.1, 0.15) is 37.8 Å². The van der Waals surface area contributed by atoms with Crippen LogP contribution in [0.2, 0.25) is 5.02 Å². The number of fused-ring (bicyclic) bond motifs is 1. The summed E-state index contributed by atoms with van der Waals surface area (Å²) in [6.07, 6.45) is -4.82. The van der Waals surface area contributed by atoms with Crippen molar-refractivity contribution < 1.29 is 31.9 Å². The van der Waals surface area contributed by atoms with Gasteiger partial charge in [0, 0.05) is 11.5 Å². The van der Waals surface area contributed by atoms with Crippen molar-refractivity contribution >= 4 is 40.0 Å². The van der Waals surface area contributed by atoms with Crippen LogP contribution in [0, 0.1) is 19.7 Å². The van der Waals surface area contributed by atoms with Gasteiger partial charge in [0.05, 0.1) is 39.7 Å². The molecular formula is C24H18ClF4N5O3. The van der Waals surface area contributed by atoms with Gasteiger partial charge in [0.15, 0.2) is 0 Å². The Bertz CT molecular complexity index is 1550. The minimum absolute atomic E-state index is 0.00782. The number of halogens is 5. The predicted molar refractivity (Wildman–Crippen MR) is 127 cm³/mol. The number of alkyl halides is 3. The van der Waals surface area contributed by atoms with Gasteiger partial charge in [0.1, 0.15) is 17.3 Å². The number of hydrogen-bond donors (Lipinski definition) is 2. The van der Waals surface area contributed by atoms with Crippen LogP contribution in [0.4, 0.5) is 23.2 Å². The standard InChI is InChI=1S/C24H18ClF4N5O3/c1-11-21(12(2)34(33-11)10-13-4-3-5-14(6-13)37-24(27,28)29)32-23(36)16-8-20(22(30)35)31-19-9-18(26)17(25)7-15(16)19/h3-9H,10H2,1-2H3,(H2,30,35)(H,32,36). The van der Waals surface area contributed by atoms with Gasteiger partial charge in [-0.2, -0.15) is 5.10 Å². The van der Waals surface area contributed by atoms with E-state index in [1.54, 1.807) is 19.9 Å². The number of benzene rings is 2. The highest BCUT2D eigenvalue weighted by Gasteiger charge is 2.31. The fourth-order valence-electron chi connectivity index (χ4n) is 3.76. The lowest BCUT2D eigenvalue weighted by Gasteiger charge is -2.12. The molecule has 0 saturated heterocycles. The summed E-state index contributed by atoms with van der Waals surface area (Å²) in [7, 11) is 0. The minimum Gasteiger partial charge on any atom is -0.406 e. The Morgan fingerprint density at radius 3 is 2.57 bits per heavy atom. The smallest absolute Gasteiger partial charge is 0.406 e. The largest absolute Gasteiger partial charge is 0.573 e. The molecule has 0 bridgehead atoms. The van der Waals surface area contributed by atoms with E-state index in [4.69, 9.17) is 17.3 Å². The zero-order valence-corrected chi connectivity index (χ0v) is 20.0. The molecule has 2 heterocycles. The molecule has 2 amide bonds. The first-order valence-electron chi connectivity index (χ1n) is 10.6. The van der Waals surface area contributed by atoms with Crippen LogP contribution >= 0.6 is 11.6 Å². The first-order valence-corrected chi connectivity index (χ1v) is 11.0. The molecule has 4 rings (SSSR count). The third-order valence-electron chi connectivity index (χ3n) is 5.43. The van der Waals surface area contributed by atoms with E-state index in [-0.39, 0.29) is 39.5 Å². The first kappa shape index (κ1) is 25.9. The number of ether oxygens (including phenoxy) is 1. The Hall–Kier alpha value is -4.19. The molecule has 0 saturated carbocycles. The average molecular weight is 536 g/mol. The molecule has 0 fully saturated rings. The number of aryl methyl sites for hydroxylation is 1. The highest BCUT2D eigenvalue weighted by Crippen LogP contribution is 2.28. The van der Waals surface area contributed by atoms with Crippen molar-refractivity contribution in [3.8, 4) is 5.75 Å². The number of pyridine rings is 1. The molecule has 0 radical (unpaired) electrons. The fourth-order valence-corrected chi connectivity index (χ4v) is 3.93. The van der Waals surface area contributed by atoms with Gasteiger partial charge in [-0.3, -0.25) is 14.3 Å². The van der Waals surface area contributed by atoms with Crippen molar-refractivity contribution in [1.82, 2.24) is 14.8 Å². The van der Waals surface area contributed by atoms with Crippen LogP contribution in [0.5, 0.6) is 5.75 Å². The van der Waals surface area contributed by atoms with Crippen molar-refractivity contribution in [2.75, 3.05) is 5.32 Å². The average Bonchev–Trinajstić information content (AvgIpc) is 3.05. The van der Waals surface area contributed by atoms with Crippen LogP contribution in [-0.2, 0) is 6.54 Å². The van der Waals surface area contributed by atoms with Crippen molar-refractivity contribution in [1.29, 1.82) is 0 Å². The van der Waals surface area contributed by atoms with E-state index in [1.165, 1.54) is 35.0 Å². The van der Waals surface area contributed by atoms with Gasteiger partial charge in [0.2, 0.25) is 0 Å². The summed E-state index contributed by atoms with van der Waals surface area (Å²) < 4.78 is 57.1. The summed E-state index contributed by atoms with van der Waals surface area (Å²) >= 11 is 5.89. The maximum Gasteiger partial charge on any atom is 0.573 e. The zero-order valence-electron chi connectivity index (χ0n) is 19.3. The molecule has 0 aliphatic carbocycles. The topological polar surface area (TPSA) is 112 Å². The van der Waals surface area contributed by atoms with Crippen LogP contribution in [-0.4, -0.2) is 32.9 Å². The number of anilines is 1. The van der Waals surface area contributed by atoms with Crippen molar-refractivity contribution in [2.45, 2.75) is 26.8 Å². The summed E-state index contributed by atoms with van der Waals surface area (Å²) in [6, 6.07) is 8.83. The zero-order chi connectivity index (χ0) is 27.1. The third-order valence-corrected chi connectivity index (χ3v) is 5.72. The molecule has 0 unspecified atom stereocenters. The van der Waals surface area contributed by atoms with Gasteiger partial charge in [-0.15, -0.1) is 13.2 Å². The fraction of sp³-hybridized carbons (Fsp3) is 0.167. The Morgan fingerprint density at radius 2 is 1.89 bits per heavy atom. The highest BCUT2D eigenvalue weighted by atomic mass is 35.5. The first-order chi connectivity index (χ1) is 17.3. The van der Waals surface area contributed by atoms with Crippen molar-refractivity contribution in [3.63, 3.8) is 0 Å². The van der Waals surface area contributed by atoms with E-state index < -0.39 is 24.0 Å². The number of nitrogens with two attached hydrogens (primary N) is 1. The number of nitrogens with one attached hydrogen (secondary N) is 1. The Morgan fingerprint density at radius 1 is 1.16 bits per heavy atom.